The van der Waals surface area contributed by atoms with E-state index >= 15 is 0 Å². The highest BCUT2D eigenvalue weighted by Crippen LogP contribution is 2.22. The number of carbonyl (C=O) groups excluding carboxylic acids is 23. The van der Waals surface area contributed by atoms with Gasteiger partial charge in [0.1, 0.15) is 109 Å². The van der Waals surface area contributed by atoms with Crippen LogP contribution >= 0.6 is 25.3 Å². The van der Waals surface area contributed by atoms with Crippen molar-refractivity contribution in [1.29, 1.82) is 5.41 Å². The topological polar surface area (TPSA) is 1010 Å². The molecule has 1 aliphatic heterocycles. The Hall–Kier alpha value is -13.5. The molecule has 0 spiro atoms. The number of likely N-dealkylation sites (tertiary alicyclic amines) is 1. The summed E-state index contributed by atoms with van der Waals surface area (Å²) in [5.41, 5.74) is 50.2. The van der Waals surface area contributed by atoms with Crippen LogP contribution in [0.15, 0.2) is 0 Å². The van der Waals surface area contributed by atoms with Gasteiger partial charge < -0.3 is 178 Å². The van der Waals surface area contributed by atoms with Gasteiger partial charge >= 0.3 is 11.9 Å². The second kappa shape index (κ2) is 69.6. The number of hydrogen-bond donors (Lipinski definition) is 35. The van der Waals surface area contributed by atoms with Crippen LogP contribution in [0.5, 0.6) is 0 Å². The highest BCUT2D eigenvalue weighted by Gasteiger charge is 2.44. The second-order valence-corrected chi connectivity index (χ2v) is 37.2. The average Bonchev–Trinajstić information content (AvgIpc) is 1.71. The van der Waals surface area contributed by atoms with Gasteiger partial charge in [0.05, 0.1) is 51.0 Å². The highest BCUT2D eigenvalue weighted by molar-refractivity contribution is 7.80. The number of amides is 23. The van der Waals surface area contributed by atoms with Gasteiger partial charge in [0.15, 0.2) is 5.96 Å². The van der Waals surface area contributed by atoms with Crippen LogP contribution in [0.3, 0.4) is 0 Å². The summed E-state index contributed by atoms with van der Waals surface area (Å²) in [4.78, 5) is 341. The van der Waals surface area contributed by atoms with Crippen LogP contribution < -0.4 is 147 Å². The fourth-order valence-electron chi connectivity index (χ4n) is 14.8. The molecule has 0 bridgehead atoms. The van der Waals surface area contributed by atoms with Gasteiger partial charge in [-0.1, -0.05) is 67.7 Å². The van der Waals surface area contributed by atoms with E-state index in [1.807, 2.05) is 6.92 Å². The molecule has 0 unspecified atom stereocenters. The van der Waals surface area contributed by atoms with Gasteiger partial charge in [-0.25, -0.2) is 4.79 Å². The van der Waals surface area contributed by atoms with E-state index in [-0.39, 0.29) is 96.8 Å². The molecular weight excluding hydrogens is 2010 g/mol. The van der Waals surface area contributed by atoms with Crippen molar-refractivity contribution < 1.29 is 145 Å². The molecule has 149 heavy (non-hydrogen) atoms. The first kappa shape index (κ1) is 133. The van der Waals surface area contributed by atoms with E-state index in [9.17, 15) is 145 Å². The van der Waals surface area contributed by atoms with Gasteiger partial charge in [0.25, 0.3) is 0 Å². The van der Waals surface area contributed by atoms with E-state index in [2.05, 4.69) is 121 Å². The van der Waals surface area contributed by atoms with E-state index in [0.29, 0.717) is 19.3 Å². The Labute approximate surface area is 870 Å². The number of thiol groups is 2. The first-order valence-corrected chi connectivity index (χ1v) is 49.9. The fraction of sp³-hybridized carbons (Fsp3) is 0.705. The number of nitrogens with two attached hydrogens (primary N) is 9. The Morgan fingerprint density at radius 2 is 0.705 bits per heavy atom. The van der Waals surface area contributed by atoms with Crippen molar-refractivity contribution in [3.63, 3.8) is 0 Å². The van der Waals surface area contributed by atoms with Crippen LogP contribution in [-0.4, -0.2) is 356 Å². The van der Waals surface area contributed by atoms with Crippen LogP contribution in [0.1, 0.15) is 203 Å². The first-order valence-electron chi connectivity index (χ1n) is 48.6. The summed E-state index contributed by atoms with van der Waals surface area (Å²) in [5, 5.41) is 100. The minimum atomic E-state index is -2.24. The van der Waals surface area contributed by atoms with Gasteiger partial charge in [0.2, 0.25) is 136 Å². The number of aliphatic hydroxyl groups excluding tert-OH is 3. The van der Waals surface area contributed by atoms with Gasteiger partial charge in [-0.05, 0) is 128 Å². The molecule has 0 aromatic rings. The number of nitrogens with one attached hydrogen (secondary N) is 19. The summed E-state index contributed by atoms with van der Waals surface area (Å²) >= 11 is 8.28. The summed E-state index contributed by atoms with van der Waals surface area (Å²) in [6, 6.07) is -33.3. The lowest BCUT2D eigenvalue weighted by atomic mass is 9.96. The molecule has 0 aromatic carbocycles. The Morgan fingerprint density at radius 1 is 0.376 bits per heavy atom. The molecule has 842 valence electrons. The Bertz CT molecular complexity index is 4600. The van der Waals surface area contributed by atoms with E-state index in [1.54, 1.807) is 27.7 Å². The number of guanidine groups is 1. The molecule has 21 atom stereocenters. The van der Waals surface area contributed by atoms with Crippen LogP contribution in [-0.2, 0) is 120 Å². The number of carboxylic acids is 2. The second-order valence-electron chi connectivity index (χ2n) is 36.5. The predicted octanol–water partition coefficient (Wildman–Crippen LogP) is -14.1. The molecule has 59 nitrogen and oxygen atoms in total. The molecule has 61 heteroatoms. The zero-order chi connectivity index (χ0) is 114. The zero-order valence-corrected chi connectivity index (χ0v) is 86.5. The smallest absolute Gasteiger partial charge is 0.326 e. The average molecular weight is 2160 g/mol. The molecule has 1 fully saturated rings. The Balaban J connectivity index is 3.63. The molecule has 23 amide bonds. The van der Waals surface area contributed by atoms with Crippen molar-refractivity contribution >= 4 is 179 Å². The van der Waals surface area contributed by atoms with Crippen molar-refractivity contribution in [2.24, 2.45) is 69.4 Å². The number of carbonyl (C=O) groups is 25. The van der Waals surface area contributed by atoms with Crippen molar-refractivity contribution in [3.05, 3.63) is 0 Å². The van der Waals surface area contributed by atoms with Crippen molar-refractivity contribution in [1.82, 2.24) is 101 Å². The van der Waals surface area contributed by atoms with Crippen LogP contribution in [0, 0.1) is 23.2 Å². The maximum absolute atomic E-state index is 14.7. The quantitative estimate of drug-likeness (QED) is 0.0116. The molecule has 0 aliphatic carbocycles. The van der Waals surface area contributed by atoms with Crippen LogP contribution in [0.4, 0.5) is 0 Å². The SMILES string of the molecule is CCCC[C@H](N)C(=O)N1CCC[C@H]1C(=O)N[C@H](C(=O)N[C@H](C(=O)N[C@@H](CC(N)=O)C(=O)N[C@@H](CC(=O)O)C(=O)N[C@@H](CCC(N)=O)C(=O)N[C@@H](CCCCN)C(=O)N[C@@H](CCCCN)C(=O)N[C@@H](CC(C)C)C(=O)N[C@@H](CS)C(=O)N[C@@H](CO)C(=O)N[C@@H](CC(N)=O)C(=O)N[C@@H](CC(N)=O)C(=O)N[C@@H](CS)C(=O)N[C@@H](CCC(N)=O)C(=O)N[C@@H](CO)C(=O)N[C@H](C(=O)N[C@@H](CCCNC(=N)N)C(=O)O)C(C)C)[C@@H](C)O)[C@@H](C)CC. The summed E-state index contributed by atoms with van der Waals surface area (Å²) in [6.07, 6.45) is -6.50. The summed E-state index contributed by atoms with van der Waals surface area (Å²) < 4.78 is 0. The summed E-state index contributed by atoms with van der Waals surface area (Å²) in [6.45, 7) is 10.3. The number of carboxylic acid groups (broad SMARTS) is 2. The fourth-order valence-corrected chi connectivity index (χ4v) is 15.3. The lowest BCUT2D eigenvalue weighted by Gasteiger charge is -2.31. The number of rotatable bonds is 75. The maximum atomic E-state index is 14.7. The summed E-state index contributed by atoms with van der Waals surface area (Å²) in [5.74, 6) is -34.2. The molecule has 42 N–H and O–H groups in total. The van der Waals surface area contributed by atoms with Crippen molar-refractivity contribution in [2.45, 2.75) is 324 Å². The Morgan fingerprint density at radius 3 is 1.06 bits per heavy atom. The standard InChI is InChI=1S/C88H153N29O30S2/c1-9-11-18-44(91)86(145)117-30-17-22-59(117)82(141)115-67(42(7)10-2)84(143)116-68(43(8)120)85(144)109-53(34-64(96)125)75(134)108-54(35-65(126)127)77(136)102-47(23-25-60(92)121)71(130)101-45(19-12-14-27-89)69(128)100-46(20-13-15-28-90)70(129)105-50(31-40(3)4)73(132)112-58(39-149)81(140)111-55(36-118)78(137)107-51(32-62(94)123)74(133)106-52(33-63(95)124)76(135)113-57(38-148)80(139)103-48(24-26-61(93)122)72(131)110-56(37-119)79(138)114-66(41(5)6)83(142)104-49(87(146)147)21-16-29-99-88(97)98/h40-59,66-68,118-120,148-149H,9-39,89-91H2,1-8H3,(H2,92,121)(H2,93,122)(H2,94,123)(H2,95,124)(H2,96,125)(H,100,128)(H,101,130)(H,102,136)(H,103,139)(H,104,142)(H,105,129)(H,106,133)(H,107,137)(H,108,134)(H,109,144)(H,110,131)(H,111,140)(H,112,132)(H,113,135)(H,114,138)(H,115,141)(H,116,143)(H,126,127)(H,146,147)(H4,97,98,99)/t42-,43+,44-,45-,46-,47-,48-,49-,50-,51-,52-,53-,54-,55-,56-,57-,58-,59-,66-,67-,68-/m0/s1. The summed E-state index contributed by atoms with van der Waals surface area (Å²) in [7, 11) is 0. The molecule has 0 saturated carbocycles. The van der Waals surface area contributed by atoms with Crippen LogP contribution in [0.2, 0.25) is 0 Å². The van der Waals surface area contributed by atoms with Crippen LogP contribution in [0.25, 0.3) is 0 Å². The Kier molecular flexibility index (Phi) is 62.4. The zero-order valence-electron chi connectivity index (χ0n) is 84.7. The lowest BCUT2D eigenvalue weighted by Crippen LogP contribution is -2.63. The third-order valence-electron chi connectivity index (χ3n) is 23.2. The largest absolute Gasteiger partial charge is 0.481 e. The molecule has 0 aromatic heterocycles. The van der Waals surface area contributed by atoms with Gasteiger partial charge in [-0.3, -0.25) is 120 Å². The number of aliphatic carboxylic acids is 2. The monoisotopic (exact) mass is 2160 g/mol. The number of primary amides is 5. The lowest BCUT2D eigenvalue weighted by molar-refractivity contribution is -0.143. The number of nitrogens with zero attached hydrogens (tertiary/aromatic N) is 1. The van der Waals surface area contributed by atoms with E-state index in [4.69, 9.17) is 57.0 Å². The third kappa shape index (κ3) is 49.9. The molecular formula is C88H153N29O30S2. The van der Waals surface area contributed by atoms with Gasteiger partial charge in [-0.2, -0.15) is 25.3 Å². The molecule has 1 rings (SSSR count). The number of unbranched alkanes of at least 4 members (excludes halogenated alkanes) is 3. The first-order chi connectivity index (χ1) is 69.9. The minimum Gasteiger partial charge on any atom is -0.481 e. The van der Waals surface area contributed by atoms with Crippen molar-refractivity contribution in [2.75, 3.05) is 50.9 Å². The minimum absolute atomic E-state index is 0.0334. The van der Waals surface area contributed by atoms with Crippen molar-refractivity contribution in [3.8, 4) is 0 Å². The predicted molar refractivity (Wildman–Crippen MR) is 536 cm³/mol. The molecule has 1 aliphatic rings. The van der Waals surface area contributed by atoms with Gasteiger partial charge in [0, 0.05) is 37.4 Å². The molecule has 1 saturated heterocycles. The molecule has 1 heterocycles. The van der Waals surface area contributed by atoms with Gasteiger partial charge in [-0.15, -0.1) is 0 Å². The third-order valence-corrected chi connectivity index (χ3v) is 24.0. The van der Waals surface area contributed by atoms with E-state index in [1.165, 1.54) is 18.7 Å². The normalized spacial score (nSPS) is 16.2. The highest BCUT2D eigenvalue weighted by atomic mass is 32.1. The number of aliphatic hydroxyl groups is 3. The maximum Gasteiger partial charge on any atom is 0.326 e. The van der Waals surface area contributed by atoms with E-state index < -0.39 is 369 Å². The molecule has 0 radical (unpaired) electrons. The number of hydrogen-bond acceptors (Lipinski definition) is 34. The van der Waals surface area contributed by atoms with E-state index in [0.717, 1.165) is 13.3 Å².